The predicted molar refractivity (Wildman–Crippen MR) is 123 cm³/mol. The van der Waals surface area contributed by atoms with Crippen molar-refractivity contribution in [1.82, 2.24) is 10.6 Å². The number of fused-ring (bicyclic) bond motifs is 3. The summed E-state index contributed by atoms with van der Waals surface area (Å²) in [5.74, 6) is -1.83. The van der Waals surface area contributed by atoms with Crippen molar-refractivity contribution in [3.8, 4) is 11.1 Å². The molecule has 2 unspecified atom stereocenters. The number of carboxylic acids is 1. The molecular formula is C25H30N2O6. The average molecular weight is 455 g/mol. The molecule has 0 aromatic heterocycles. The molecular weight excluding hydrogens is 424 g/mol. The Hall–Kier alpha value is -3.39. The number of ether oxygens (including phenoxy) is 1. The number of aliphatic hydroxyl groups is 1. The Kier molecular flexibility index (Phi) is 8.06. The van der Waals surface area contributed by atoms with Crippen LogP contribution in [0.15, 0.2) is 48.5 Å². The molecule has 4 N–H and O–H groups in total. The number of amides is 2. The van der Waals surface area contributed by atoms with Crippen LogP contribution >= 0.6 is 0 Å². The molecule has 0 heterocycles. The van der Waals surface area contributed by atoms with Gasteiger partial charge >= 0.3 is 12.1 Å². The number of alkyl carbamates (subject to hydrolysis) is 1. The molecule has 0 aliphatic heterocycles. The number of benzene rings is 2. The summed E-state index contributed by atoms with van der Waals surface area (Å²) in [4.78, 5) is 36.0. The summed E-state index contributed by atoms with van der Waals surface area (Å²) in [7, 11) is 0. The highest BCUT2D eigenvalue weighted by Gasteiger charge is 2.30. The van der Waals surface area contributed by atoms with Crippen LogP contribution < -0.4 is 10.6 Å². The average Bonchev–Trinajstić information content (AvgIpc) is 3.12. The Bertz CT molecular complexity index is 960. The van der Waals surface area contributed by atoms with Crippen LogP contribution in [0.5, 0.6) is 0 Å². The summed E-state index contributed by atoms with van der Waals surface area (Å²) in [5, 5.41) is 23.9. The molecule has 2 atom stereocenters. The Morgan fingerprint density at radius 3 is 2.12 bits per heavy atom. The monoisotopic (exact) mass is 454 g/mol. The zero-order valence-electron chi connectivity index (χ0n) is 18.8. The Labute approximate surface area is 193 Å². The van der Waals surface area contributed by atoms with Crippen LogP contribution in [0.1, 0.15) is 43.7 Å². The standard InChI is InChI=1S/C25H30N2O6/c1-15(2)22(28)13-26-24(31)21(11-12-23(29)30)27-25(32)33-14-20-18-9-5-3-7-16(18)17-8-4-6-10-19(17)20/h3-10,15,20-22,28H,11-14H2,1-2H3,(H,26,31)(H,27,32)(H,29,30). The van der Waals surface area contributed by atoms with Crippen LogP contribution in [-0.2, 0) is 14.3 Å². The van der Waals surface area contributed by atoms with E-state index in [4.69, 9.17) is 9.84 Å². The maximum atomic E-state index is 12.5. The molecule has 0 radical (unpaired) electrons. The second-order valence-electron chi connectivity index (χ2n) is 8.51. The molecule has 8 heteroatoms. The molecule has 1 aliphatic rings. The van der Waals surface area contributed by atoms with Gasteiger partial charge in [0.2, 0.25) is 5.91 Å². The number of rotatable bonds is 10. The molecule has 1 aliphatic carbocycles. The lowest BCUT2D eigenvalue weighted by atomic mass is 9.98. The molecule has 0 spiro atoms. The van der Waals surface area contributed by atoms with Crippen molar-refractivity contribution in [2.45, 2.75) is 44.8 Å². The molecule has 0 saturated carbocycles. The van der Waals surface area contributed by atoms with Gasteiger partial charge in [-0.3, -0.25) is 9.59 Å². The van der Waals surface area contributed by atoms with Gasteiger partial charge in [-0.15, -0.1) is 0 Å². The van der Waals surface area contributed by atoms with Crippen molar-refractivity contribution in [2.24, 2.45) is 5.92 Å². The number of carbonyl (C=O) groups excluding carboxylic acids is 2. The predicted octanol–water partition coefficient (Wildman–Crippen LogP) is 2.89. The van der Waals surface area contributed by atoms with E-state index >= 15 is 0 Å². The van der Waals surface area contributed by atoms with Crippen molar-refractivity contribution in [2.75, 3.05) is 13.2 Å². The van der Waals surface area contributed by atoms with Crippen LogP contribution in [0.2, 0.25) is 0 Å². The van der Waals surface area contributed by atoms with E-state index in [0.29, 0.717) is 0 Å². The summed E-state index contributed by atoms with van der Waals surface area (Å²) in [6, 6.07) is 14.8. The molecule has 0 bridgehead atoms. The Morgan fingerprint density at radius 2 is 1.58 bits per heavy atom. The van der Waals surface area contributed by atoms with Gasteiger partial charge in [0.25, 0.3) is 0 Å². The molecule has 2 amide bonds. The Balaban J connectivity index is 1.63. The minimum Gasteiger partial charge on any atom is -0.481 e. The molecule has 2 aromatic rings. The van der Waals surface area contributed by atoms with Gasteiger partial charge in [0, 0.05) is 18.9 Å². The highest BCUT2D eigenvalue weighted by molar-refractivity contribution is 5.86. The Morgan fingerprint density at radius 1 is 1.00 bits per heavy atom. The molecule has 2 aromatic carbocycles. The maximum absolute atomic E-state index is 12.5. The van der Waals surface area contributed by atoms with Crippen LogP contribution in [0.4, 0.5) is 4.79 Å². The summed E-state index contributed by atoms with van der Waals surface area (Å²) >= 11 is 0. The second kappa shape index (κ2) is 11.0. The number of carbonyl (C=O) groups is 3. The van der Waals surface area contributed by atoms with E-state index in [-0.39, 0.29) is 37.8 Å². The van der Waals surface area contributed by atoms with Gasteiger partial charge in [0.15, 0.2) is 0 Å². The van der Waals surface area contributed by atoms with Gasteiger partial charge in [0.05, 0.1) is 6.10 Å². The van der Waals surface area contributed by atoms with Gasteiger partial charge in [0.1, 0.15) is 12.6 Å². The van der Waals surface area contributed by atoms with Crippen molar-refractivity contribution in [1.29, 1.82) is 0 Å². The van der Waals surface area contributed by atoms with Crippen molar-refractivity contribution < 1.29 is 29.3 Å². The third-order valence-electron chi connectivity index (χ3n) is 5.85. The van der Waals surface area contributed by atoms with Crippen molar-refractivity contribution in [3.05, 3.63) is 59.7 Å². The van der Waals surface area contributed by atoms with E-state index in [1.165, 1.54) is 0 Å². The fraction of sp³-hybridized carbons (Fsp3) is 0.400. The molecule has 33 heavy (non-hydrogen) atoms. The normalized spacial score (nSPS) is 14.2. The first-order chi connectivity index (χ1) is 15.8. The first kappa shape index (κ1) is 24.3. The van der Waals surface area contributed by atoms with Crippen molar-refractivity contribution in [3.63, 3.8) is 0 Å². The number of aliphatic hydroxyl groups excluding tert-OH is 1. The quantitative estimate of drug-likeness (QED) is 0.438. The second-order valence-corrected chi connectivity index (χ2v) is 8.51. The summed E-state index contributed by atoms with van der Waals surface area (Å²) in [6.45, 7) is 3.72. The van der Waals surface area contributed by atoms with Crippen LogP contribution in [0, 0.1) is 5.92 Å². The van der Waals surface area contributed by atoms with Gasteiger partial charge in [-0.1, -0.05) is 62.4 Å². The summed E-state index contributed by atoms with van der Waals surface area (Å²) in [5.41, 5.74) is 4.33. The third kappa shape index (κ3) is 6.10. The maximum Gasteiger partial charge on any atom is 0.407 e. The van der Waals surface area contributed by atoms with E-state index in [9.17, 15) is 19.5 Å². The van der Waals surface area contributed by atoms with Crippen LogP contribution in [-0.4, -0.2) is 53.5 Å². The first-order valence-electron chi connectivity index (χ1n) is 11.1. The third-order valence-corrected chi connectivity index (χ3v) is 5.85. The minimum atomic E-state index is -1.09. The fourth-order valence-corrected chi connectivity index (χ4v) is 3.88. The van der Waals surface area contributed by atoms with Crippen LogP contribution in [0.3, 0.4) is 0 Å². The molecule has 176 valence electrons. The fourth-order valence-electron chi connectivity index (χ4n) is 3.88. The number of hydrogen-bond acceptors (Lipinski definition) is 5. The number of carboxylic acid groups (broad SMARTS) is 1. The topological polar surface area (TPSA) is 125 Å². The minimum absolute atomic E-state index is 0.00639. The zero-order valence-corrected chi connectivity index (χ0v) is 18.8. The van der Waals surface area contributed by atoms with E-state index in [1.54, 1.807) is 0 Å². The number of hydrogen-bond donors (Lipinski definition) is 4. The van der Waals surface area contributed by atoms with Crippen LogP contribution in [0.25, 0.3) is 11.1 Å². The van der Waals surface area contributed by atoms with Gasteiger partial charge in [-0.2, -0.15) is 0 Å². The SMILES string of the molecule is CC(C)C(O)CNC(=O)C(CCC(=O)O)NC(=O)OCC1c2ccccc2-c2ccccc21. The molecule has 8 nitrogen and oxygen atoms in total. The molecule has 3 rings (SSSR count). The highest BCUT2D eigenvalue weighted by atomic mass is 16.5. The van der Waals surface area contributed by atoms with Gasteiger partial charge in [-0.25, -0.2) is 4.79 Å². The lowest BCUT2D eigenvalue weighted by Crippen LogP contribution is -2.49. The summed E-state index contributed by atoms with van der Waals surface area (Å²) in [6.07, 6.45) is -1.94. The number of aliphatic carboxylic acids is 1. The zero-order chi connectivity index (χ0) is 24.0. The number of nitrogens with one attached hydrogen (secondary N) is 2. The van der Waals surface area contributed by atoms with E-state index in [0.717, 1.165) is 22.3 Å². The van der Waals surface area contributed by atoms with E-state index < -0.39 is 30.1 Å². The molecule has 0 fully saturated rings. The van der Waals surface area contributed by atoms with E-state index in [2.05, 4.69) is 10.6 Å². The summed E-state index contributed by atoms with van der Waals surface area (Å²) < 4.78 is 5.46. The highest BCUT2D eigenvalue weighted by Crippen LogP contribution is 2.44. The van der Waals surface area contributed by atoms with Gasteiger partial charge in [-0.05, 0) is 34.6 Å². The van der Waals surface area contributed by atoms with Crippen molar-refractivity contribution >= 4 is 18.0 Å². The van der Waals surface area contributed by atoms with E-state index in [1.807, 2.05) is 62.4 Å². The lowest BCUT2D eigenvalue weighted by Gasteiger charge is -2.21. The lowest BCUT2D eigenvalue weighted by molar-refractivity contribution is -0.137. The molecule has 0 saturated heterocycles. The largest absolute Gasteiger partial charge is 0.481 e. The smallest absolute Gasteiger partial charge is 0.407 e. The first-order valence-corrected chi connectivity index (χ1v) is 11.1. The van der Waals surface area contributed by atoms with Gasteiger partial charge < -0.3 is 25.6 Å².